The Labute approximate surface area is 135 Å². The first-order valence-corrected chi connectivity index (χ1v) is 8.06. The van der Waals surface area contributed by atoms with Gasteiger partial charge in [-0.15, -0.1) is 10.2 Å². The number of carbonyl (C=O) groups is 1. The summed E-state index contributed by atoms with van der Waals surface area (Å²) in [7, 11) is 0. The van der Waals surface area contributed by atoms with Crippen molar-refractivity contribution in [1.82, 2.24) is 25.3 Å². The fourth-order valence-electron chi connectivity index (χ4n) is 2.78. The van der Waals surface area contributed by atoms with Crippen LogP contribution in [0.15, 0.2) is 24.4 Å². The minimum absolute atomic E-state index is 0.104. The molecule has 122 valence electrons. The highest BCUT2D eigenvalue weighted by Crippen LogP contribution is 2.18. The van der Waals surface area contributed by atoms with Crippen molar-refractivity contribution >= 4 is 11.7 Å². The summed E-state index contributed by atoms with van der Waals surface area (Å²) in [6.07, 6.45) is 4.45. The molecule has 1 amide bonds. The molecule has 2 aromatic heterocycles. The lowest BCUT2D eigenvalue weighted by atomic mass is 10.1. The van der Waals surface area contributed by atoms with Gasteiger partial charge in [0.25, 0.3) is 0 Å². The topological polar surface area (TPSA) is 75.9 Å². The number of anilines is 1. The van der Waals surface area contributed by atoms with E-state index in [1.807, 2.05) is 38.2 Å². The maximum absolute atomic E-state index is 11.6. The third-order valence-corrected chi connectivity index (χ3v) is 4.03. The van der Waals surface area contributed by atoms with E-state index in [4.69, 9.17) is 0 Å². The first-order chi connectivity index (χ1) is 11.2. The van der Waals surface area contributed by atoms with E-state index in [0.717, 1.165) is 37.4 Å². The van der Waals surface area contributed by atoms with Gasteiger partial charge in [-0.05, 0) is 38.0 Å². The molecule has 1 N–H and O–H groups in total. The van der Waals surface area contributed by atoms with Gasteiger partial charge >= 0.3 is 0 Å². The zero-order valence-electron chi connectivity index (χ0n) is 13.6. The van der Waals surface area contributed by atoms with Crippen molar-refractivity contribution < 1.29 is 4.79 Å². The molecule has 3 rings (SSSR count). The molecule has 1 saturated heterocycles. The summed E-state index contributed by atoms with van der Waals surface area (Å²) < 4.78 is 1.71. The van der Waals surface area contributed by atoms with Crippen molar-refractivity contribution in [1.29, 1.82) is 0 Å². The van der Waals surface area contributed by atoms with Crippen molar-refractivity contribution in [2.45, 2.75) is 39.2 Å². The molecule has 0 spiro atoms. The van der Waals surface area contributed by atoms with E-state index in [1.54, 1.807) is 4.68 Å². The molecule has 0 aliphatic carbocycles. The van der Waals surface area contributed by atoms with Gasteiger partial charge in [-0.2, -0.15) is 5.10 Å². The van der Waals surface area contributed by atoms with Crippen molar-refractivity contribution in [3.05, 3.63) is 30.1 Å². The van der Waals surface area contributed by atoms with Crippen LogP contribution in [0.2, 0.25) is 0 Å². The summed E-state index contributed by atoms with van der Waals surface area (Å²) in [4.78, 5) is 13.7. The maximum Gasteiger partial charge on any atom is 0.219 e. The van der Waals surface area contributed by atoms with Gasteiger partial charge < -0.3 is 10.2 Å². The Hall–Kier alpha value is -2.44. The number of hydrogen-bond acceptors (Lipinski definition) is 5. The Morgan fingerprint density at radius 2 is 2.09 bits per heavy atom. The van der Waals surface area contributed by atoms with E-state index >= 15 is 0 Å². The normalized spacial score (nSPS) is 18.0. The minimum Gasteiger partial charge on any atom is -0.353 e. The number of rotatable bonds is 4. The molecule has 0 radical (unpaired) electrons. The Balaban J connectivity index is 1.68. The average molecular weight is 314 g/mol. The maximum atomic E-state index is 11.6. The van der Waals surface area contributed by atoms with Crippen LogP contribution in [0.5, 0.6) is 0 Å². The van der Waals surface area contributed by atoms with Crippen LogP contribution in [0, 0.1) is 6.92 Å². The molecule has 1 atom stereocenters. The lowest BCUT2D eigenvalue weighted by Gasteiger charge is -2.33. The number of carbonyl (C=O) groups excluding carboxylic acids is 1. The highest BCUT2D eigenvalue weighted by atomic mass is 16.1. The lowest BCUT2D eigenvalue weighted by molar-refractivity contribution is -0.121. The van der Waals surface area contributed by atoms with Gasteiger partial charge in [-0.3, -0.25) is 4.79 Å². The van der Waals surface area contributed by atoms with Crippen molar-refractivity contribution in [2.24, 2.45) is 0 Å². The van der Waals surface area contributed by atoms with Gasteiger partial charge in [0.05, 0.1) is 5.69 Å². The Bertz CT molecular complexity index is 665. The Morgan fingerprint density at radius 1 is 1.30 bits per heavy atom. The van der Waals surface area contributed by atoms with Gasteiger partial charge in [-0.25, -0.2) is 4.68 Å². The quantitative estimate of drug-likeness (QED) is 0.925. The molecule has 1 unspecified atom stereocenters. The predicted molar refractivity (Wildman–Crippen MR) is 87.6 cm³/mol. The molecule has 7 heteroatoms. The molecule has 2 aromatic rings. The standard InChI is InChI=1S/C16H22N6O/c1-3-16(23)17-13-5-4-9-21(11-13)14-6-7-15(19-18-14)22-10-8-12(2)20-22/h6-8,10,13H,3-5,9,11H2,1-2H3,(H,17,23). The van der Waals surface area contributed by atoms with Crippen LogP contribution in [0.4, 0.5) is 5.82 Å². The van der Waals surface area contributed by atoms with Gasteiger partial charge in [0, 0.05) is 31.7 Å². The molecular formula is C16H22N6O. The molecule has 1 fully saturated rings. The zero-order valence-corrected chi connectivity index (χ0v) is 13.6. The van der Waals surface area contributed by atoms with Crippen LogP contribution in [0.25, 0.3) is 5.82 Å². The predicted octanol–water partition coefficient (Wildman–Crippen LogP) is 1.47. The molecule has 23 heavy (non-hydrogen) atoms. The fraction of sp³-hybridized carbons (Fsp3) is 0.500. The van der Waals surface area contributed by atoms with E-state index < -0.39 is 0 Å². The monoisotopic (exact) mass is 314 g/mol. The third-order valence-electron chi connectivity index (χ3n) is 4.03. The summed E-state index contributed by atoms with van der Waals surface area (Å²) in [5.41, 5.74) is 0.946. The smallest absolute Gasteiger partial charge is 0.219 e. The van der Waals surface area contributed by atoms with Crippen molar-refractivity contribution in [3.8, 4) is 5.82 Å². The first-order valence-electron chi connectivity index (χ1n) is 8.06. The summed E-state index contributed by atoms with van der Waals surface area (Å²) >= 11 is 0. The summed E-state index contributed by atoms with van der Waals surface area (Å²) in [5.74, 6) is 1.65. The molecule has 0 aromatic carbocycles. The van der Waals surface area contributed by atoms with Crippen LogP contribution >= 0.6 is 0 Å². The average Bonchev–Trinajstić information content (AvgIpc) is 3.01. The van der Waals surface area contributed by atoms with E-state index in [0.29, 0.717) is 12.2 Å². The fourth-order valence-corrected chi connectivity index (χ4v) is 2.78. The Morgan fingerprint density at radius 3 is 2.74 bits per heavy atom. The van der Waals surface area contributed by atoms with Crippen LogP contribution in [0.3, 0.4) is 0 Å². The molecule has 1 aliphatic rings. The molecule has 7 nitrogen and oxygen atoms in total. The van der Waals surface area contributed by atoms with Crippen molar-refractivity contribution in [3.63, 3.8) is 0 Å². The summed E-state index contributed by atoms with van der Waals surface area (Å²) in [5, 5.41) is 16.0. The van der Waals surface area contributed by atoms with Gasteiger partial charge in [0.1, 0.15) is 0 Å². The van der Waals surface area contributed by atoms with Crippen LogP contribution < -0.4 is 10.2 Å². The van der Waals surface area contributed by atoms with Gasteiger partial charge in [-0.1, -0.05) is 6.92 Å². The Kier molecular flexibility index (Phi) is 4.55. The number of nitrogens with zero attached hydrogens (tertiary/aromatic N) is 5. The summed E-state index contributed by atoms with van der Waals surface area (Å²) in [6, 6.07) is 6.00. The molecule has 3 heterocycles. The minimum atomic E-state index is 0.104. The first kappa shape index (κ1) is 15.5. The second-order valence-electron chi connectivity index (χ2n) is 5.86. The third kappa shape index (κ3) is 3.67. The second kappa shape index (κ2) is 6.76. The van der Waals surface area contributed by atoms with E-state index in [2.05, 4.69) is 25.5 Å². The van der Waals surface area contributed by atoms with Crippen LogP contribution in [0.1, 0.15) is 31.9 Å². The van der Waals surface area contributed by atoms with Crippen molar-refractivity contribution in [2.75, 3.05) is 18.0 Å². The highest BCUT2D eigenvalue weighted by Gasteiger charge is 2.22. The van der Waals surface area contributed by atoms with E-state index in [-0.39, 0.29) is 11.9 Å². The molecular weight excluding hydrogens is 292 g/mol. The molecule has 0 saturated carbocycles. The van der Waals surface area contributed by atoms with E-state index in [9.17, 15) is 4.79 Å². The van der Waals surface area contributed by atoms with Gasteiger partial charge in [0.15, 0.2) is 11.6 Å². The lowest BCUT2D eigenvalue weighted by Crippen LogP contribution is -2.48. The number of amides is 1. The largest absolute Gasteiger partial charge is 0.353 e. The number of aromatic nitrogens is 4. The number of hydrogen-bond donors (Lipinski definition) is 1. The second-order valence-corrected chi connectivity index (χ2v) is 5.86. The SMILES string of the molecule is CCC(=O)NC1CCCN(c2ccc(-n3ccc(C)n3)nn2)C1. The van der Waals surface area contributed by atoms with Crippen LogP contribution in [-0.4, -0.2) is 45.0 Å². The zero-order chi connectivity index (χ0) is 16.2. The van der Waals surface area contributed by atoms with Crippen LogP contribution in [-0.2, 0) is 4.79 Å². The molecule has 0 bridgehead atoms. The van der Waals surface area contributed by atoms with Gasteiger partial charge in [0.2, 0.25) is 5.91 Å². The summed E-state index contributed by atoms with van der Waals surface area (Å²) in [6.45, 7) is 5.53. The van der Waals surface area contributed by atoms with E-state index in [1.165, 1.54) is 0 Å². The number of nitrogens with one attached hydrogen (secondary N) is 1. The number of piperidine rings is 1. The number of aryl methyl sites for hydroxylation is 1. The molecule has 1 aliphatic heterocycles. The highest BCUT2D eigenvalue weighted by molar-refractivity contribution is 5.75.